The van der Waals surface area contributed by atoms with E-state index in [1.807, 2.05) is 28.8 Å². The van der Waals surface area contributed by atoms with Crippen LogP contribution in [0, 0.1) is 6.92 Å². The van der Waals surface area contributed by atoms with Gasteiger partial charge in [0.2, 0.25) is 4.96 Å². The van der Waals surface area contributed by atoms with Gasteiger partial charge in [-0.15, -0.1) is 21.5 Å². The number of benzene rings is 1. The van der Waals surface area contributed by atoms with Crippen LogP contribution in [0.1, 0.15) is 5.56 Å². The molecule has 1 aromatic carbocycles. The van der Waals surface area contributed by atoms with Crippen molar-refractivity contribution in [1.82, 2.24) is 19.8 Å². The molecule has 21 heavy (non-hydrogen) atoms. The molecule has 0 aliphatic rings. The van der Waals surface area contributed by atoms with Crippen LogP contribution < -0.4 is 0 Å². The van der Waals surface area contributed by atoms with Crippen molar-refractivity contribution in [2.75, 3.05) is 0 Å². The molecule has 0 unspecified atom stereocenters. The molecule has 0 aliphatic carbocycles. The zero-order valence-corrected chi connectivity index (χ0v) is 14.2. The fourth-order valence-corrected chi connectivity index (χ4v) is 4.07. The number of aromatic nitrogens is 4. The summed E-state index contributed by atoms with van der Waals surface area (Å²) in [6.45, 7) is 2.08. The number of fused-ring (bicyclic) bond motifs is 1. The summed E-state index contributed by atoms with van der Waals surface area (Å²) in [7, 11) is 0. The molecule has 4 nitrogen and oxygen atoms in total. The molecule has 0 bridgehead atoms. The van der Waals surface area contributed by atoms with Crippen LogP contribution in [0.4, 0.5) is 0 Å². The third kappa shape index (κ3) is 2.21. The van der Waals surface area contributed by atoms with Gasteiger partial charge in [0, 0.05) is 10.0 Å². The average Bonchev–Trinajstić information content (AvgIpc) is 3.15. The zero-order chi connectivity index (χ0) is 14.4. The van der Waals surface area contributed by atoms with Crippen molar-refractivity contribution in [3.63, 3.8) is 0 Å². The van der Waals surface area contributed by atoms with E-state index in [9.17, 15) is 0 Å². The summed E-state index contributed by atoms with van der Waals surface area (Å²) >= 11 is 6.66. The lowest BCUT2D eigenvalue weighted by Gasteiger charge is -1.96. The summed E-state index contributed by atoms with van der Waals surface area (Å²) < 4.78 is 2.89. The summed E-state index contributed by atoms with van der Waals surface area (Å²) in [5, 5.41) is 16.2. The molecule has 0 fully saturated rings. The second-order valence-corrected chi connectivity index (χ2v) is 7.35. The van der Waals surface area contributed by atoms with E-state index in [1.165, 1.54) is 5.56 Å². The van der Waals surface area contributed by atoms with E-state index in [1.54, 1.807) is 22.7 Å². The third-order valence-electron chi connectivity index (χ3n) is 3.15. The highest BCUT2D eigenvalue weighted by Crippen LogP contribution is 2.31. The van der Waals surface area contributed by atoms with Crippen LogP contribution in [-0.2, 0) is 0 Å². The highest BCUT2D eigenvalue weighted by molar-refractivity contribution is 9.10. The van der Waals surface area contributed by atoms with E-state index in [0.29, 0.717) is 0 Å². The van der Waals surface area contributed by atoms with Gasteiger partial charge in [0.1, 0.15) is 5.01 Å². The average molecular weight is 377 g/mol. The van der Waals surface area contributed by atoms with Gasteiger partial charge in [-0.1, -0.05) is 39.4 Å². The molecule has 0 atom stereocenters. The molecule has 0 amide bonds. The minimum absolute atomic E-state index is 0.815. The Bertz CT molecular complexity index is 920. The molecule has 0 aliphatic heterocycles. The van der Waals surface area contributed by atoms with Crippen LogP contribution >= 0.6 is 38.6 Å². The quantitative estimate of drug-likeness (QED) is 0.511. The van der Waals surface area contributed by atoms with Gasteiger partial charge >= 0.3 is 0 Å². The minimum atomic E-state index is 0.815. The van der Waals surface area contributed by atoms with Crippen molar-refractivity contribution in [3.8, 4) is 21.3 Å². The van der Waals surface area contributed by atoms with Gasteiger partial charge in [0.05, 0.1) is 4.88 Å². The van der Waals surface area contributed by atoms with Gasteiger partial charge in [0.15, 0.2) is 5.82 Å². The van der Waals surface area contributed by atoms with Gasteiger partial charge in [-0.25, -0.2) is 0 Å². The van der Waals surface area contributed by atoms with Crippen molar-refractivity contribution >= 4 is 43.6 Å². The van der Waals surface area contributed by atoms with Gasteiger partial charge in [-0.3, -0.25) is 0 Å². The molecular formula is C14H9BrN4S2. The zero-order valence-electron chi connectivity index (χ0n) is 10.9. The molecule has 0 radical (unpaired) electrons. The summed E-state index contributed by atoms with van der Waals surface area (Å²) in [5.74, 6) is 0.817. The lowest BCUT2D eigenvalue weighted by atomic mass is 10.2. The molecule has 0 spiro atoms. The summed E-state index contributed by atoms with van der Waals surface area (Å²) in [4.78, 5) is 1.94. The molecule has 0 saturated carbocycles. The largest absolute Gasteiger partial charge is 0.235 e. The predicted octanol–water partition coefficient (Wildman–Crippen LogP) is 4.65. The first-order valence-electron chi connectivity index (χ1n) is 6.25. The molecule has 4 aromatic rings. The van der Waals surface area contributed by atoms with Crippen molar-refractivity contribution in [2.45, 2.75) is 6.92 Å². The Kier molecular flexibility index (Phi) is 3.13. The minimum Gasteiger partial charge on any atom is -0.181 e. The van der Waals surface area contributed by atoms with E-state index in [4.69, 9.17) is 0 Å². The number of hydrogen-bond acceptors (Lipinski definition) is 5. The van der Waals surface area contributed by atoms with Crippen LogP contribution in [0.5, 0.6) is 0 Å². The lowest BCUT2D eigenvalue weighted by molar-refractivity contribution is 0.972. The third-order valence-corrected chi connectivity index (χ3v) is 5.64. The normalized spacial score (nSPS) is 11.3. The Balaban J connectivity index is 1.86. The van der Waals surface area contributed by atoms with Crippen molar-refractivity contribution < 1.29 is 0 Å². The first-order chi connectivity index (χ1) is 10.2. The topological polar surface area (TPSA) is 43.1 Å². The SMILES string of the molecule is Cc1ccsc1-c1nnc2sc(-c3ccc(Br)cc3)nn12. The van der Waals surface area contributed by atoms with Crippen LogP contribution in [0.2, 0.25) is 0 Å². The van der Waals surface area contributed by atoms with E-state index < -0.39 is 0 Å². The Morgan fingerprint density at radius 1 is 1.10 bits per heavy atom. The van der Waals surface area contributed by atoms with Crippen LogP contribution in [0.3, 0.4) is 0 Å². The molecule has 7 heteroatoms. The van der Waals surface area contributed by atoms with Crippen molar-refractivity contribution in [1.29, 1.82) is 0 Å². The summed E-state index contributed by atoms with van der Waals surface area (Å²) in [6.07, 6.45) is 0. The van der Waals surface area contributed by atoms with E-state index in [-0.39, 0.29) is 0 Å². The summed E-state index contributed by atoms with van der Waals surface area (Å²) in [6, 6.07) is 10.2. The molecule has 0 saturated heterocycles. The Labute approximate surface area is 137 Å². The van der Waals surface area contributed by atoms with Gasteiger partial charge in [-0.05, 0) is 36.1 Å². The first kappa shape index (κ1) is 13.1. The fraction of sp³-hybridized carbons (Fsp3) is 0.0714. The number of nitrogens with zero attached hydrogens (tertiary/aromatic N) is 4. The van der Waals surface area contributed by atoms with Gasteiger partial charge < -0.3 is 0 Å². The second kappa shape index (κ2) is 5.01. The number of aryl methyl sites for hydroxylation is 1. The Morgan fingerprint density at radius 3 is 2.62 bits per heavy atom. The highest BCUT2D eigenvalue weighted by atomic mass is 79.9. The van der Waals surface area contributed by atoms with Crippen molar-refractivity contribution in [2.24, 2.45) is 0 Å². The predicted molar refractivity (Wildman–Crippen MR) is 89.8 cm³/mol. The molecule has 3 heterocycles. The Hall–Kier alpha value is -1.57. The van der Waals surface area contributed by atoms with Crippen LogP contribution in [0.15, 0.2) is 40.2 Å². The molecule has 4 rings (SSSR count). The van der Waals surface area contributed by atoms with Crippen LogP contribution in [0.25, 0.3) is 26.2 Å². The van der Waals surface area contributed by atoms with Gasteiger partial charge in [-0.2, -0.15) is 9.61 Å². The Morgan fingerprint density at radius 2 is 1.90 bits per heavy atom. The highest BCUT2D eigenvalue weighted by Gasteiger charge is 2.16. The second-order valence-electron chi connectivity index (χ2n) is 4.56. The standard InChI is InChI=1S/C14H9BrN4S2/c1-8-6-7-20-11(8)12-16-17-14-19(12)18-13(21-14)9-2-4-10(15)5-3-9/h2-7H,1H3. The van der Waals surface area contributed by atoms with Crippen LogP contribution in [-0.4, -0.2) is 19.8 Å². The maximum atomic E-state index is 4.67. The molecular weight excluding hydrogens is 368 g/mol. The van der Waals surface area contributed by atoms with E-state index >= 15 is 0 Å². The monoisotopic (exact) mass is 376 g/mol. The fourth-order valence-electron chi connectivity index (χ4n) is 2.07. The smallest absolute Gasteiger partial charge is 0.181 e. The number of hydrogen-bond donors (Lipinski definition) is 0. The molecule has 3 aromatic heterocycles. The maximum Gasteiger partial charge on any atom is 0.235 e. The number of rotatable bonds is 2. The lowest BCUT2D eigenvalue weighted by Crippen LogP contribution is -1.90. The van der Waals surface area contributed by atoms with Crippen molar-refractivity contribution in [3.05, 3.63) is 45.7 Å². The number of thiophene rings is 1. The first-order valence-corrected chi connectivity index (χ1v) is 8.74. The summed E-state index contributed by atoms with van der Waals surface area (Å²) in [5.41, 5.74) is 2.29. The van der Waals surface area contributed by atoms with Gasteiger partial charge in [0.25, 0.3) is 0 Å². The number of halogens is 1. The van der Waals surface area contributed by atoms with E-state index in [2.05, 4.69) is 49.6 Å². The van der Waals surface area contributed by atoms with E-state index in [0.717, 1.165) is 30.7 Å². The molecule has 104 valence electrons. The maximum absolute atomic E-state index is 4.67. The molecule has 0 N–H and O–H groups in total.